The number of carbonyl (C=O) groups is 1. The van der Waals surface area contributed by atoms with E-state index < -0.39 is 0 Å². The third kappa shape index (κ3) is 3.73. The van der Waals surface area contributed by atoms with E-state index in [1.807, 2.05) is 15.8 Å². The molecule has 1 amide bonds. The molecule has 0 saturated carbocycles. The minimum atomic E-state index is -0.0654. The lowest BCUT2D eigenvalue weighted by Gasteiger charge is -2.21. The molecule has 23 heavy (non-hydrogen) atoms. The molecule has 0 unspecified atom stereocenters. The fourth-order valence-electron chi connectivity index (χ4n) is 2.51. The highest BCUT2D eigenvalue weighted by Gasteiger charge is 2.34. The van der Waals surface area contributed by atoms with Crippen LogP contribution in [-0.2, 0) is 16.1 Å². The Bertz CT molecular complexity index is 671. The van der Waals surface area contributed by atoms with Gasteiger partial charge in [-0.05, 0) is 12.5 Å². The summed E-state index contributed by atoms with van der Waals surface area (Å²) in [5.74, 6) is 0.615. The van der Waals surface area contributed by atoms with Crippen molar-refractivity contribution in [2.45, 2.75) is 18.8 Å². The van der Waals surface area contributed by atoms with Crippen LogP contribution >= 0.6 is 11.8 Å². The van der Waals surface area contributed by atoms with Gasteiger partial charge in [-0.2, -0.15) is 0 Å². The van der Waals surface area contributed by atoms with Gasteiger partial charge >= 0.3 is 0 Å². The first-order chi connectivity index (χ1) is 11.2. The number of ether oxygens (including phenoxy) is 1. The van der Waals surface area contributed by atoms with Gasteiger partial charge in [0.25, 0.3) is 0 Å². The maximum absolute atomic E-state index is 12.0. The van der Waals surface area contributed by atoms with E-state index in [1.165, 1.54) is 11.1 Å². The van der Waals surface area contributed by atoms with Crippen LogP contribution in [0.2, 0.25) is 0 Å². The van der Waals surface area contributed by atoms with Gasteiger partial charge in [0.2, 0.25) is 5.91 Å². The summed E-state index contributed by atoms with van der Waals surface area (Å²) in [4.78, 5) is 13.8. The average molecular weight is 332 g/mol. The molecule has 1 saturated heterocycles. The van der Waals surface area contributed by atoms with Crippen molar-refractivity contribution >= 4 is 17.7 Å². The maximum atomic E-state index is 12.0. The van der Waals surface area contributed by atoms with Crippen LogP contribution in [0, 0.1) is 6.92 Å². The molecule has 1 fully saturated rings. The predicted octanol–water partition coefficient (Wildman–Crippen LogP) is 1.86. The van der Waals surface area contributed by atoms with Crippen LogP contribution in [0.15, 0.2) is 30.5 Å². The summed E-state index contributed by atoms with van der Waals surface area (Å²) in [6, 6.07) is 8.36. The molecule has 1 aliphatic heterocycles. The maximum Gasteiger partial charge on any atom is 0.233 e. The first-order valence-electron chi connectivity index (χ1n) is 7.53. The number of hydrogen-bond donors (Lipinski definition) is 0. The molecule has 1 atom stereocenters. The number of aromatic nitrogens is 3. The molecule has 0 bridgehead atoms. The van der Waals surface area contributed by atoms with Gasteiger partial charge in [-0.25, -0.2) is 4.68 Å². The predicted molar refractivity (Wildman–Crippen MR) is 89.1 cm³/mol. The molecule has 2 heterocycles. The number of aryl methyl sites for hydroxylation is 1. The first-order valence-corrected chi connectivity index (χ1v) is 8.58. The number of thioether (sulfide) groups is 1. The van der Waals surface area contributed by atoms with Gasteiger partial charge in [0.1, 0.15) is 11.1 Å². The van der Waals surface area contributed by atoms with E-state index in [2.05, 4.69) is 41.5 Å². The molecule has 122 valence electrons. The molecule has 7 heteroatoms. The minimum absolute atomic E-state index is 0.0654. The van der Waals surface area contributed by atoms with Crippen LogP contribution in [0.5, 0.6) is 0 Å². The standard InChI is InChI=1S/C16H20N4O2S/c1-12-3-5-13(6-4-12)9-19-10-14(17-18-19)16-20(7-8-22-2)15(21)11-23-16/h3-6,10,16H,7-9,11H2,1-2H3/t16-/m0/s1. The van der Waals surface area contributed by atoms with Gasteiger partial charge in [0.15, 0.2) is 0 Å². The Hall–Kier alpha value is -1.86. The Balaban J connectivity index is 1.70. The molecular formula is C16H20N4O2S. The van der Waals surface area contributed by atoms with Crippen LogP contribution in [0.1, 0.15) is 22.2 Å². The van der Waals surface area contributed by atoms with E-state index in [9.17, 15) is 4.79 Å². The van der Waals surface area contributed by atoms with Gasteiger partial charge in [-0.15, -0.1) is 16.9 Å². The largest absolute Gasteiger partial charge is 0.383 e. The van der Waals surface area contributed by atoms with E-state index in [0.717, 1.165) is 5.69 Å². The van der Waals surface area contributed by atoms with Crippen LogP contribution in [0.25, 0.3) is 0 Å². The zero-order valence-corrected chi connectivity index (χ0v) is 14.1. The summed E-state index contributed by atoms with van der Waals surface area (Å²) >= 11 is 1.59. The van der Waals surface area contributed by atoms with Crippen LogP contribution in [0.4, 0.5) is 0 Å². The lowest BCUT2D eigenvalue weighted by molar-refractivity contribution is -0.128. The van der Waals surface area contributed by atoms with E-state index in [1.54, 1.807) is 18.9 Å². The van der Waals surface area contributed by atoms with Crippen molar-refractivity contribution in [3.63, 3.8) is 0 Å². The van der Waals surface area contributed by atoms with Gasteiger partial charge in [0.05, 0.1) is 25.1 Å². The summed E-state index contributed by atoms with van der Waals surface area (Å²) in [5, 5.41) is 8.40. The van der Waals surface area contributed by atoms with Crippen LogP contribution in [-0.4, -0.2) is 51.8 Å². The Morgan fingerprint density at radius 3 is 2.87 bits per heavy atom. The van der Waals surface area contributed by atoms with Gasteiger partial charge < -0.3 is 9.64 Å². The summed E-state index contributed by atoms with van der Waals surface area (Å²) in [5.41, 5.74) is 3.24. The topological polar surface area (TPSA) is 60.2 Å². The molecule has 0 N–H and O–H groups in total. The van der Waals surface area contributed by atoms with Crippen LogP contribution in [0.3, 0.4) is 0 Å². The van der Waals surface area contributed by atoms with Crippen molar-refractivity contribution < 1.29 is 9.53 Å². The monoisotopic (exact) mass is 332 g/mol. The second kappa shape index (κ2) is 7.14. The molecule has 0 spiro atoms. The Morgan fingerprint density at radius 2 is 2.13 bits per heavy atom. The average Bonchev–Trinajstić information content (AvgIpc) is 3.14. The summed E-state index contributed by atoms with van der Waals surface area (Å²) in [7, 11) is 1.64. The molecule has 6 nitrogen and oxygen atoms in total. The normalized spacial score (nSPS) is 17.9. The molecule has 0 radical (unpaired) electrons. The van der Waals surface area contributed by atoms with Gasteiger partial charge in [-0.3, -0.25) is 4.79 Å². The lowest BCUT2D eigenvalue weighted by Crippen LogP contribution is -2.31. The fraction of sp³-hybridized carbons (Fsp3) is 0.438. The number of amides is 1. The number of carbonyl (C=O) groups excluding carboxylic acids is 1. The van der Waals surface area contributed by atoms with Crippen molar-refractivity contribution in [2.24, 2.45) is 0 Å². The summed E-state index contributed by atoms with van der Waals surface area (Å²) < 4.78 is 6.90. The molecule has 2 aromatic rings. The summed E-state index contributed by atoms with van der Waals surface area (Å²) in [6.07, 6.45) is 1.93. The number of nitrogens with zero attached hydrogens (tertiary/aromatic N) is 4. The molecule has 1 aliphatic rings. The van der Waals surface area contributed by atoms with E-state index >= 15 is 0 Å². The molecule has 1 aromatic carbocycles. The quantitative estimate of drug-likeness (QED) is 0.808. The molecule has 3 rings (SSSR count). The number of methoxy groups -OCH3 is 1. The second-order valence-corrected chi connectivity index (χ2v) is 6.64. The minimum Gasteiger partial charge on any atom is -0.383 e. The zero-order chi connectivity index (χ0) is 16.2. The highest BCUT2D eigenvalue weighted by atomic mass is 32.2. The number of hydrogen-bond acceptors (Lipinski definition) is 5. The van der Waals surface area contributed by atoms with Crippen molar-refractivity contribution in [3.8, 4) is 0 Å². The Labute approximate surface area is 139 Å². The van der Waals surface area contributed by atoms with Crippen LogP contribution < -0.4 is 0 Å². The molecule has 1 aromatic heterocycles. The first kappa shape index (κ1) is 16.0. The van der Waals surface area contributed by atoms with Crippen molar-refractivity contribution in [3.05, 3.63) is 47.3 Å². The van der Waals surface area contributed by atoms with Crippen molar-refractivity contribution in [1.29, 1.82) is 0 Å². The SMILES string of the molecule is COCCN1C(=O)CS[C@H]1c1cn(Cc2ccc(C)cc2)nn1. The Morgan fingerprint density at radius 1 is 1.35 bits per heavy atom. The van der Waals surface area contributed by atoms with Gasteiger partial charge in [0, 0.05) is 13.7 Å². The number of benzene rings is 1. The molecule has 0 aliphatic carbocycles. The highest BCUT2D eigenvalue weighted by molar-refractivity contribution is 8.00. The fourth-order valence-corrected chi connectivity index (χ4v) is 3.66. The third-order valence-electron chi connectivity index (χ3n) is 3.78. The zero-order valence-electron chi connectivity index (χ0n) is 13.3. The molecular weight excluding hydrogens is 312 g/mol. The Kier molecular flexibility index (Phi) is 4.97. The van der Waals surface area contributed by atoms with Crippen molar-refractivity contribution in [1.82, 2.24) is 19.9 Å². The second-order valence-electron chi connectivity index (χ2n) is 5.57. The third-order valence-corrected chi connectivity index (χ3v) is 5.00. The van der Waals surface area contributed by atoms with E-state index in [0.29, 0.717) is 25.4 Å². The van der Waals surface area contributed by atoms with Crippen molar-refractivity contribution in [2.75, 3.05) is 26.0 Å². The van der Waals surface area contributed by atoms with Gasteiger partial charge in [-0.1, -0.05) is 35.0 Å². The number of rotatable bonds is 6. The lowest BCUT2D eigenvalue weighted by atomic mass is 10.1. The summed E-state index contributed by atoms with van der Waals surface area (Å²) in [6.45, 7) is 3.86. The van der Waals surface area contributed by atoms with E-state index in [-0.39, 0.29) is 11.3 Å². The van der Waals surface area contributed by atoms with E-state index in [4.69, 9.17) is 4.74 Å². The smallest absolute Gasteiger partial charge is 0.233 e. The highest BCUT2D eigenvalue weighted by Crippen LogP contribution is 2.37.